The molecule has 0 aliphatic rings. The molecule has 5 heteroatoms. The molecule has 0 fully saturated rings. The highest BCUT2D eigenvalue weighted by Gasteiger charge is 2.22. The van der Waals surface area contributed by atoms with Crippen molar-refractivity contribution in [1.82, 2.24) is 5.32 Å². The van der Waals surface area contributed by atoms with Crippen LogP contribution in [0.4, 0.5) is 8.78 Å². The summed E-state index contributed by atoms with van der Waals surface area (Å²) in [5.74, 6) is -0.987. The van der Waals surface area contributed by atoms with E-state index in [0.29, 0.717) is 26.1 Å². The van der Waals surface area contributed by atoms with Crippen LogP contribution >= 0.6 is 0 Å². The summed E-state index contributed by atoms with van der Waals surface area (Å²) in [5.41, 5.74) is -0.879. The van der Waals surface area contributed by atoms with Crippen molar-refractivity contribution in [3.63, 3.8) is 0 Å². The summed E-state index contributed by atoms with van der Waals surface area (Å²) in [6, 6.07) is 3.28. The van der Waals surface area contributed by atoms with E-state index in [-0.39, 0.29) is 12.0 Å². The van der Waals surface area contributed by atoms with E-state index in [1.165, 1.54) is 0 Å². The third-order valence-corrected chi connectivity index (χ3v) is 2.90. The van der Waals surface area contributed by atoms with Gasteiger partial charge in [-0.3, -0.25) is 0 Å². The number of hydrogen-bond acceptors (Lipinski definition) is 3. The highest BCUT2D eigenvalue weighted by atomic mass is 19.1. The van der Waals surface area contributed by atoms with E-state index in [1.807, 2.05) is 0 Å². The van der Waals surface area contributed by atoms with Gasteiger partial charge in [0.15, 0.2) is 0 Å². The Morgan fingerprint density at radius 2 is 2.05 bits per heavy atom. The molecule has 0 saturated heterocycles. The summed E-state index contributed by atoms with van der Waals surface area (Å²) >= 11 is 0. The Bertz CT molecular complexity index is 397. The fraction of sp³-hybridized carbons (Fsp3) is 0.571. The van der Waals surface area contributed by atoms with Crippen molar-refractivity contribution in [3.8, 4) is 0 Å². The first-order valence-electron chi connectivity index (χ1n) is 6.30. The van der Waals surface area contributed by atoms with Gasteiger partial charge in [0.1, 0.15) is 11.6 Å². The van der Waals surface area contributed by atoms with Crippen LogP contribution in [-0.4, -0.2) is 37.5 Å². The Kier molecular flexibility index (Phi) is 6.34. The third kappa shape index (κ3) is 6.09. The summed E-state index contributed by atoms with van der Waals surface area (Å²) in [4.78, 5) is 0. The van der Waals surface area contributed by atoms with Gasteiger partial charge in [0, 0.05) is 20.1 Å². The van der Waals surface area contributed by atoms with Crippen LogP contribution < -0.4 is 5.32 Å². The molecular weight excluding hydrogens is 252 g/mol. The van der Waals surface area contributed by atoms with Crippen LogP contribution in [0.1, 0.15) is 18.9 Å². The largest absolute Gasteiger partial charge is 0.390 e. The molecule has 2 N–H and O–H groups in total. The average molecular weight is 273 g/mol. The van der Waals surface area contributed by atoms with Crippen molar-refractivity contribution >= 4 is 0 Å². The third-order valence-electron chi connectivity index (χ3n) is 2.90. The van der Waals surface area contributed by atoms with Crippen LogP contribution in [-0.2, 0) is 11.2 Å². The van der Waals surface area contributed by atoms with Gasteiger partial charge in [-0.15, -0.1) is 0 Å². The predicted molar refractivity (Wildman–Crippen MR) is 70.0 cm³/mol. The molecule has 3 nitrogen and oxygen atoms in total. The number of nitrogens with one attached hydrogen (secondary N) is 1. The van der Waals surface area contributed by atoms with Gasteiger partial charge in [0.25, 0.3) is 0 Å². The lowest BCUT2D eigenvalue weighted by atomic mass is 9.93. The molecule has 1 aromatic rings. The number of rotatable bonds is 8. The molecule has 19 heavy (non-hydrogen) atoms. The predicted octanol–water partition coefficient (Wildman–Crippen LogP) is 1.88. The summed E-state index contributed by atoms with van der Waals surface area (Å²) in [6.07, 6.45) is 0.537. The fourth-order valence-electron chi connectivity index (χ4n) is 1.83. The maximum Gasteiger partial charge on any atom is 0.126 e. The van der Waals surface area contributed by atoms with E-state index >= 15 is 0 Å². The van der Waals surface area contributed by atoms with Crippen LogP contribution in [0, 0.1) is 11.6 Å². The van der Waals surface area contributed by atoms with Gasteiger partial charge in [0.2, 0.25) is 0 Å². The van der Waals surface area contributed by atoms with E-state index < -0.39 is 17.2 Å². The van der Waals surface area contributed by atoms with Crippen LogP contribution in [0.25, 0.3) is 0 Å². The molecule has 0 bridgehead atoms. The number of ether oxygens (including phenoxy) is 1. The standard InChI is InChI=1S/C14H21F2NO2/c1-14(18,5-6-17-7-8-19-2)10-11-9-12(15)3-4-13(11)16/h3-4,9,17-18H,5-8,10H2,1-2H3. The van der Waals surface area contributed by atoms with Gasteiger partial charge in [-0.2, -0.15) is 0 Å². The SMILES string of the molecule is COCCNCCC(C)(O)Cc1cc(F)ccc1F. The van der Waals surface area contributed by atoms with Crippen LogP contribution in [0.3, 0.4) is 0 Å². The number of halogens is 2. The molecule has 0 saturated carbocycles. The average Bonchev–Trinajstić information content (AvgIpc) is 2.33. The van der Waals surface area contributed by atoms with Crippen molar-refractivity contribution in [3.05, 3.63) is 35.4 Å². The molecule has 0 aliphatic carbocycles. The summed E-state index contributed by atoms with van der Waals surface area (Å²) in [5, 5.41) is 13.3. The summed E-state index contributed by atoms with van der Waals surface area (Å²) < 4.78 is 31.4. The van der Waals surface area contributed by atoms with Crippen molar-refractivity contribution in [2.45, 2.75) is 25.4 Å². The molecule has 1 rings (SSSR count). The Morgan fingerprint density at radius 1 is 1.32 bits per heavy atom. The van der Waals surface area contributed by atoms with E-state index in [4.69, 9.17) is 4.74 Å². The van der Waals surface area contributed by atoms with E-state index in [0.717, 1.165) is 18.2 Å². The second kappa shape index (κ2) is 7.53. The molecular formula is C14H21F2NO2. The lowest BCUT2D eigenvalue weighted by Gasteiger charge is -2.23. The highest BCUT2D eigenvalue weighted by molar-refractivity contribution is 5.20. The fourth-order valence-corrected chi connectivity index (χ4v) is 1.83. The lowest BCUT2D eigenvalue weighted by Crippen LogP contribution is -2.33. The van der Waals surface area contributed by atoms with Crippen molar-refractivity contribution in [2.24, 2.45) is 0 Å². The van der Waals surface area contributed by atoms with Gasteiger partial charge in [-0.25, -0.2) is 8.78 Å². The summed E-state index contributed by atoms with van der Waals surface area (Å²) in [7, 11) is 1.62. The van der Waals surface area contributed by atoms with Crippen LogP contribution in [0.5, 0.6) is 0 Å². The first-order chi connectivity index (χ1) is 8.94. The zero-order valence-corrected chi connectivity index (χ0v) is 11.4. The molecule has 0 aliphatic heterocycles. The zero-order chi connectivity index (χ0) is 14.3. The maximum atomic E-state index is 13.5. The number of hydrogen-bond donors (Lipinski definition) is 2. The number of aliphatic hydroxyl groups is 1. The molecule has 1 atom stereocenters. The zero-order valence-electron chi connectivity index (χ0n) is 11.4. The van der Waals surface area contributed by atoms with Crippen molar-refractivity contribution < 1.29 is 18.6 Å². The van der Waals surface area contributed by atoms with Gasteiger partial charge in [0.05, 0.1) is 12.2 Å². The van der Waals surface area contributed by atoms with Gasteiger partial charge < -0.3 is 15.2 Å². The molecule has 0 spiro atoms. The minimum absolute atomic E-state index is 0.0859. The minimum atomic E-state index is -1.07. The Labute approximate surface area is 112 Å². The molecule has 0 heterocycles. The van der Waals surface area contributed by atoms with Crippen LogP contribution in [0.2, 0.25) is 0 Å². The van der Waals surface area contributed by atoms with Crippen LogP contribution in [0.15, 0.2) is 18.2 Å². The Morgan fingerprint density at radius 3 is 2.74 bits per heavy atom. The molecule has 0 radical (unpaired) electrons. The van der Waals surface area contributed by atoms with Gasteiger partial charge in [-0.1, -0.05) is 0 Å². The lowest BCUT2D eigenvalue weighted by molar-refractivity contribution is 0.0501. The topological polar surface area (TPSA) is 41.5 Å². The van der Waals surface area contributed by atoms with Crippen molar-refractivity contribution in [2.75, 3.05) is 26.8 Å². The molecule has 108 valence electrons. The normalized spacial score (nSPS) is 14.4. The number of benzene rings is 1. The Balaban J connectivity index is 2.46. The summed E-state index contributed by atoms with van der Waals surface area (Å²) in [6.45, 7) is 3.50. The smallest absolute Gasteiger partial charge is 0.126 e. The van der Waals surface area contributed by atoms with E-state index in [9.17, 15) is 13.9 Å². The molecule has 1 aromatic carbocycles. The quantitative estimate of drug-likeness (QED) is 0.711. The van der Waals surface area contributed by atoms with Gasteiger partial charge in [-0.05, 0) is 43.7 Å². The second-order valence-corrected chi connectivity index (χ2v) is 4.90. The second-order valence-electron chi connectivity index (χ2n) is 4.90. The minimum Gasteiger partial charge on any atom is -0.390 e. The molecule has 0 amide bonds. The molecule has 1 unspecified atom stereocenters. The Hall–Kier alpha value is -1.04. The van der Waals surface area contributed by atoms with Gasteiger partial charge >= 0.3 is 0 Å². The first kappa shape index (κ1) is 16.0. The highest BCUT2D eigenvalue weighted by Crippen LogP contribution is 2.19. The van der Waals surface area contributed by atoms with E-state index in [2.05, 4.69) is 5.32 Å². The molecule has 0 aromatic heterocycles. The first-order valence-corrected chi connectivity index (χ1v) is 6.30. The number of methoxy groups -OCH3 is 1. The van der Waals surface area contributed by atoms with Crippen molar-refractivity contribution in [1.29, 1.82) is 0 Å². The maximum absolute atomic E-state index is 13.5. The monoisotopic (exact) mass is 273 g/mol. The van der Waals surface area contributed by atoms with E-state index in [1.54, 1.807) is 14.0 Å².